The van der Waals surface area contributed by atoms with Crippen LogP contribution < -0.4 is 5.32 Å². The van der Waals surface area contributed by atoms with Gasteiger partial charge in [-0.1, -0.05) is 29.3 Å². The fraction of sp³-hybridized carbons (Fsp3) is 0.438. The third kappa shape index (κ3) is 5.39. The van der Waals surface area contributed by atoms with Crippen LogP contribution in [0.1, 0.15) is 23.6 Å². The van der Waals surface area contributed by atoms with Gasteiger partial charge >= 0.3 is 0 Å². The molecular weight excluding hydrogens is 270 g/mol. The Balaban J connectivity index is 2.63. The van der Waals surface area contributed by atoms with Crippen LogP contribution in [0.5, 0.6) is 0 Å². The Bertz CT molecular complexity index is 461. The molecule has 0 spiro atoms. The number of carbonyl (C=O) groups is 1. The minimum Gasteiger partial charge on any atom is -0.395 e. The van der Waals surface area contributed by atoms with Crippen molar-refractivity contribution in [1.29, 1.82) is 0 Å². The molecule has 0 aromatic heterocycles. The molecule has 1 aromatic rings. The number of amides is 1. The number of benzene rings is 1. The summed E-state index contributed by atoms with van der Waals surface area (Å²) in [4.78, 5) is 11.8. The van der Waals surface area contributed by atoms with Gasteiger partial charge in [0, 0.05) is 17.4 Å². The first-order valence-corrected chi connectivity index (χ1v) is 7.95. The summed E-state index contributed by atoms with van der Waals surface area (Å²) in [5, 5.41) is 12.1. The van der Waals surface area contributed by atoms with Crippen LogP contribution >= 0.6 is 11.8 Å². The summed E-state index contributed by atoms with van der Waals surface area (Å²) in [5.74, 6) is -0.135. The van der Waals surface area contributed by atoms with E-state index in [9.17, 15) is 9.90 Å². The first-order valence-electron chi connectivity index (χ1n) is 6.66. The number of hydrogen-bond acceptors (Lipinski definition) is 3. The average molecular weight is 293 g/mol. The standard InChI is InChI=1S/C16H23NO2S/c1-11-7-12(2)9-14(8-11)5-6-16(19)17-13(3)15(10-18)20-4/h5-9,13,15,18H,10H2,1-4H3,(H,17,19)/b6-5+. The molecule has 4 heteroatoms. The maximum Gasteiger partial charge on any atom is 0.244 e. The molecule has 1 amide bonds. The molecule has 110 valence electrons. The van der Waals surface area contributed by atoms with Gasteiger partial charge in [-0.25, -0.2) is 0 Å². The summed E-state index contributed by atoms with van der Waals surface area (Å²) in [5.41, 5.74) is 3.39. The Morgan fingerprint density at radius 3 is 2.45 bits per heavy atom. The van der Waals surface area contributed by atoms with Crippen LogP contribution in [0, 0.1) is 13.8 Å². The van der Waals surface area contributed by atoms with E-state index in [1.807, 2.05) is 45.2 Å². The van der Waals surface area contributed by atoms with E-state index < -0.39 is 0 Å². The third-order valence-electron chi connectivity index (χ3n) is 3.08. The quantitative estimate of drug-likeness (QED) is 0.793. The van der Waals surface area contributed by atoms with E-state index in [4.69, 9.17) is 0 Å². The van der Waals surface area contributed by atoms with Gasteiger partial charge < -0.3 is 10.4 Å². The van der Waals surface area contributed by atoms with Gasteiger partial charge in [-0.15, -0.1) is 0 Å². The minimum absolute atomic E-state index is 0.0218. The van der Waals surface area contributed by atoms with Crippen LogP contribution in [0.25, 0.3) is 6.08 Å². The molecular formula is C16H23NO2S. The van der Waals surface area contributed by atoms with Crippen LogP contribution in [0.2, 0.25) is 0 Å². The number of aliphatic hydroxyl groups is 1. The van der Waals surface area contributed by atoms with Crippen molar-refractivity contribution in [2.24, 2.45) is 0 Å². The molecule has 20 heavy (non-hydrogen) atoms. The third-order valence-corrected chi connectivity index (χ3v) is 4.24. The van der Waals surface area contributed by atoms with Crippen molar-refractivity contribution in [2.45, 2.75) is 32.1 Å². The first-order chi connectivity index (χ1) is 9.46. The van der Waals surface area contributed by atoms with Crippen LogP contribution in [-0.2, 0) is 4.79 Å². The molecule has 2 N–H and O–H groups in total. The molecule has 3 nitrogen and oxygen atoms in total. The highest BCUT2D eigenvalue weighted by Crippen LogP contribution is 2.11. The Morgan fingerprint density at radius 2 is 1.95 bits per heavy atom. The Hall–Kier alpha value is -1.26. The summed E-state index contributed by atoms with van der Waals surface area (Å²) in [6.07, 6.45) is 5.28. The summed E-state index contributed by atoms with van der Waals surface area (Å²) in [6, 6.07) is 6.12. The largest absolute Gasteiger partial charge is 0.395 e. The van der Waals surface area contributed by atoms with Crippen LogP contribution in [-0.4, -0.2) is 35.2 Å². The molecule has 0 heterocycles. The fourth-order valence-corrected chi connectivity index (χ4v) is 2.71. The summed E-state index contributed by atoms with van der Waals surface area (Å²) < 4.78 is 0. The van der Waals surface area contributed by atoms with Gasteiger partial charge in [0.1, 0.15) is 0 Å². The molecule has 1 aromatic carbocycles. The summed E-state index contributed by atoms with van der Waals surface area (Å²) >= 11 is 1.55. The van der Waals surface area contributed by atoms with E-state index in [0.29, 0.717) is 0 Å². The number of carbonyl (C=O) groups excluding carboxylic acids is 1. The lowest BCUT2D eigenvalue weighted by Crippen LogP contribution is -2.40. The average Bonchev–Trinajstić information content (AvgIpc) is 2.36. The molecule has 2 unspecified atom stereocenters. The fourth-order valence-electron chi connectivity index (χ4n) is 2.08. The Kier molecular flexibility index (Phi) is 6.82. The van der Waals surface area contributed by atoms with E-state index >= 15 is 0 Å². The Morgan fingerprint density at radius 1 is 1.35 bits per heavy atom. The normalized spacial score (nSPS) is 14.2. The highest BCUT2D eigenvalue weighted by molar-refractivity contribution is 7.99. The molecule has 2 atom stereocenters. The molecule has 0 saturated carbocycles. The van der Waals surface area contributed by atoms with Crippen LogP contribution in [0.4, 0.5) is 0 Å². The predicted octanol–water partition coefficient (Wildman–Crippen LogP) is 2.55. The zero-order valence-electron chi connectivity index (χ0n) is 12.5. The number of aliphatic hydroxyl groups excluding tert-OH is 1. The lowest BCUT2D eigenvalue weighted by Gasteiger charge is -2.20. The minimum atomic E-state index is -0.135. The van der Waals surface area contributed by atoms with Crippen LogP contribution in [0.15, 0.2) is 24.3 Å². The van der Waals surface area contributed by atoms with Crippen molar-refractivity contribution < 1.29 is 9.90 Å². The maximum absolute atomic E-state index is 11.8. The zero-order chi connectivity index (χ0) is 15.1. The highest BCUT2D eigenvalue weighted by atomic mass is 32.2. The predicted molar refractivity (Wildman–Crippen MR) is 86.9 cm³/mol. The van der Waals surface area contributed by atoms with Crippen LogP contribution in [0.3, 0.4) is 0 Å². The van der Waals surface area contributed by atoms with Gasteiger partial charge in [0.25, 0.3) is 0 Å². The van der Waals surface area contributed by atoms with Gasteiger partial charge in [-0.2, -0.15) is 11.8 Å². The summed E-state index contributed by atoms with van der Waals surface area (Å²) in [7, 11) is 0. The maximum atomic E-state index is 11.8. The topological polar surface area (TPSA) is 49.3 Å². The lowest BCUT2D eigenvalue weighted by atomic mass is 10.1. The van der Waals surface area contributed by atoms with Crippen molar-refractivity contribution in [3.63, 3.8) is 0 Å². The van der Waals surface area contributed by atoms with Gasteiger partial charge in [0.15, 0.2) is 0 Å². The molecule has 0 bridgehead atoms. The zero-order valence-corrected chi connectivity index (χ0v) is 13.3. The number of rotatable bonds is 6. The number of hydrogen-bond donors (Lipinski definition) is 2. The molecule has 0 radical (unpaired) electrons. The molecule has 0 aliphatic heterocycles. The number of nitrogens with one attached hydrogen (secondary N) is 1. The van der Waals surface area contributed by atoms with Crippen molar-refractivity contribution in [2.75, 3.05) is 12.9 Å². The van der Waals surface area contributed by atoms with E-state index in [1.54, 1.807) is 17.8 Å². The SMILES string of the molecule is CSC(CO)C(C)NC(=O)/C=C/c1cc(C)cc(C)c1. The summed E-state index contributed by atoms with van der Waals surface area (Å²) in [6.45, 7) is 6.04. The lowest BCUT2D eigenvalue weighted by molar-refractivity contribution is -0.117. The molecule has 0 fully saturated rings. The molecule has 0 saturated heterocycles. The van der Waals surface area contributed by atoms with E-state index in [2.05, 4.69) is 11.4 Å². The highest BCUT2D eigenvalue weighted by Gasteiger charge is 2.15. The van der Waals surface area contributed by atoms with Gasteiger partial charge in [0.2, 0.25) is 5.91 Å². The van der Waals surface area contributed by atoms with E-state index in [-0.39, 0.29) is 23.8 Å². The smallest absolute Gasteiger partial charge is 0.244 e. The van der Waals surface area contributed by atoms with Crippen molar-refractivity contribution in [1.82, 2.24) is 5.32 Å². The van der Waals surface area contributed by atoms with E-state index in [0.717, 1.165) is 5.56 Å². The second-order valence-electron chi connectivity index (χ2n) is 5.01. The molecule has 0 aliphatic carbocycles. The number of aryl methyl sites for hydroxylation is 2. The van der Waals surface area contributed by atoms with Crippen molar-refractivity contribution in [3.8, 4) is 0 Å². The van der Waals surface area contributed by atoms with E-state index in [1.165, 1.54) is 11.1 Å². The van der Waals surface area contributed by atoms with Crippen molar-refractivity contribution in [3.05, 3.63) is 41.0 Å². The Labute approximate surface area is 125 Å². The van der Waals surface area contributed by atoms with Gasteiger partial charge in [-0.05, 0) is 38.7 Å². The van der Waals surface area contributed by atoms with Gasteiger partial charge in [-0.3, -0.25) is 4.79 Å². The second-order valence-corrected chi connectivity index (χ2v) is 6.09. The van der Waals surface area contributed by atoms with Gasteiger partial charge in [0.05, 0.1) is 6.61 Å². The second kappa shape index (κ2) is 8.12. The monoisotopic (exact) mass is 293 g/mol. The first kappa shape index (κ1) is 16.8. The molecule has 0 aliphatic rings. The molecule has 1 rings (SSSR count). The number of thioether (sulfide) groups is 1. The van der Waals surface area contributed by atoms with Crippen molar-refractivity contribution >= 4 is 23.7 Å².